The number of ether oxygens (including phenoxy) is 2. The molecule has 7 heteroatoms. The highest BCUT2D eigenvalue weighted by Crippen LogP contribution is 2.33. The van der Waals surface area contributed by atoms with Gasteiger partial charge in [0.2, 0.25) is 5.91 Å². The van der Waals surface area contributed by atoms with Crippen LogP contribution in [0.4, 0.5) is 0 Å². The van der Waals surface area contributed by atoms with Crippen molar-refractivity contribution in [2.24, 2.45) is 4.99 Å². The topological polar surface area (TPSA) is 52.8 Å². The van der Waals surface area contributed by atoms with Crippen LogP contribution in [0.25, 0.3) is 10.2 Å². The van der Waals surface area contributed by atoms with Crippen LogP contribution in [0.3, 0.4) is 0 Å². The maximum atomic E-state index is 11.3. The summed E-state index contributed by atoms with van der Waals surface area (Å²) in [7, 11) is 3.23. The summed E-state index contributed by atoms with van der Waals surface area (Å²) in [5.74, 6) is 0.444. The summed E-state index contributed by atoms with van der Waals surface area (Å²) in [4.78, 5) is 15.9. The molecule has 2 rings (SSSR count). The van der Waals surface area contributed by atoms with E-state index in [0.717, 1.165) is 10.2 Å². The van der Waals surface area contributed by atoms with Gasteiger partial charge in [0.15, 0.2) is 4.80 Å². The zero-order valence-corrected chi connectivity index (χ0v) is 13.0. The summed E-state index contributed by atoms with van der Waals surface area (Å²) in [6, 6.07) is 3.58. The van der Waals surface area contributed by atoms with E-state index in [0.29, 0.717) is 28.7 Å². The number of rotatable bonds is 4. The van der Waals surface area contributed by atoms with Crippen molar-refractivity contribution < 1.29 is 14.3 Å². The number of fused-ring (bicyclic) bond motifs is 1. The second-order valence-electron chi connectivity index (χ2n) is 4.09. The lowest BCUT2D eigenvalue weighted by Gasteiger charge is -2.08. The fourth-order valence-corrected chi connectivity index (χ4v) is 3.29. The molecule has 0 spiro atoms. The van der Waals surface area contributed by atoms with Gasteiger partial charge in [-0.25, -0.2) is 0 Å². The molecule has 0 radical (unpaired) electrons. The number of hydrogen-bond donors (Lipinski definition) is 0. The van der Waals surface area contributed by atoms with Gasteiger partial charge in [-0.05, 0) is 12.1 Å². The molecule has 0 fully saturated rings. The van der Waals surface area contributed by atoms with E-state index in [4.69, 9.17) is 21.1 Å². The molecule has 1 amide bonds. The molecule has 1 heterocycles. The Kier molecular flexibility index (Phi) is 4.80. The van der Waals surface area contributed by atoms with E-state index in [-0.39, 0.29) is 5.91 Å². The molecule has 0 saturated carbocycles. The van der Waals surface area contributed by atoms with E-state index in [1.165, 1.54) is 18.3 Å². The molecule has 0 saturated heterocycles. The normalized spacial score (nSPS) is 12.1. The summed E-state index contributed by atoms with van der Waals surface area (Å²) in [6.45, 7) is 2.50. The molecule has 2 aromatic rings. The first-order valence-corrected chi connectivity index (χ1v) is 7.18. The SMILES string of the molecule is COCCn1c(=NC(C)=O)sc2c(Cl)ccc(OC)c21. The smallest absolute Gasteiger partial charge is 0.245 e. The Morgan fingerprint density at radius 1 is 1.45 bits per heavy atom. The van der Waals surface area contributed by atoms with Gasteiger partial charge in [0, 0.05) is 20.6 Å². The van der Waals surface area contributed by atoms with Gasteiger partial charge >= 0.3 is 0 Å². The number of halogens is 1. The summed E-state index contributed by atoms with van der Waals surface area (Å²) in [5, 5.41) is 0.613. The van der Waals surface area contributed by atoms with E-state index < -0.39 is 0 Å². The molecule has 0 bridgehead atoms. The Balaban J connectivity index is 2.79. The van der Waals surface area contributed by atoms with Crippen molar-refractivity contribution in [1.82, 2.24) is 4.57 Å². The third-order valence-corrected chi connectivity index (χ3v) is 4.27. The number of methoxy groups -OCH3 is 2. The number of benzene rings is 1. The summed E-state index contributed by atoms with van der Waals surface area (Å²) >= 11 is 7.59. The molecule has 0 atom stereocenters. The number of thiazole rings is 1. The monoisotopic (exact) mass is 314 g/mol. The van der Waals surface area contributed by atoms with Gasteiger partial charge in [0.25, 0.3) is 0 Å². The number of carbonyl (C=O) groups excluding carboxylic acids is 1. The van der Waals surface area contributed by atoms with Gasteiger partial charge in [-0.2, -0.15) is 4.99 Å². The lowest BCUT2D eigenvalue weighted by Crippen LogP contribution is -2.19. The highest BCUT2D eigenvalue weighted by molar-refractivity contribution is 7.17. The Bertz CT molecular complexity index is 705. The number of nitrogens with zero attached hydrogens (tertiary/aromatic N) is 2. The molecular weight excluding hydrogens is 300 g/mol. The second kappa shape index (κ2) is 6.39. The maximum Gasteiger partial charge on any atom is 0.245 e. The van der Waals surface area contributed by atoms with E-state index in [1.54, 1.807) is 26.4 Å². The first-order chi connectivity index (χ1) is 9.58. The van der Waals surface area contributed by atoms with Crippen LogP contribution in [-0.4, -0.2) is 31.3 Å². The molecule has 0 aliphatic carbocycles. The standard InChI is InChI=1S/C13H15ClN2O3S/c1-8(17)15-13-16(6-7-18-2)11-10(19-3)5-4-9(14)12(11)20-13/h4-5H,6-7H2,1-3H3. The molecule has 20 heavy (non-hydrogen) atoms. The van der Waals surface area contributed by atoms with E-state index in [2.05, 4.69) is 4.99 Å². The lowest BCUT2D eigenvalue weighted by molar-refractivity contribution is -0.116. The first-order valence-electron chi connectivity index (χ1n) is 5.98. The predicted molar refractivity (Wildman–Crippen MR) is 79.5 cm³/mol. The van der Waals surface area contributed by atoms with E-state index in [9.17, 15) is 4.79 Å². The zero-order chi connectivity index (χ0) is 14.7. The van der Waals surface area contributed by atoms with Crippen molar-refractivity contribution in [3.8, 4) is 5.75 Å². The highest BCUT2D eigenvalue weighted by atomic mass is 35.5. The third kappa shape index (κ3) is 2.87. The number of aromatic nitrogens is 1. The van der Waals surface area contributed by atoms with Crippen LogP contribution in [-0.2, 0) is 16.1 Å². The molecule has 0 unspecified atom stereocenters. The van der Waals surface area contributed by atoms with Crippen molar-refractivity contribution in [3.05, 3.63) is 22.0 Å². The van der Waals surface area contributed by atoms with Crippen molar-refractivity contribution >= 4 is 39.1 Å². The Morgan fingerprint density at radius 3 is 2.80 bits per heavy atom. The quantitative estimate of drug-likeness (QED) is 0.871. The molecule has 1 aromatic heterocycles. The van der Waals surface area contributed by atoms with Gasteiger partial charge in [-0.15, -0.1) is 0 Å². The number of carbonyl (C=O) groups is 1. The Hall–Kier alpha value is -1.37. The van der Waals surface area contributed by atoms with Crippen LogP contribution in [0.2, 0.25) is 5.02 Å². The van der Waals surface area contributed by atoms with Gasteiger partial charge < -0.3 is 14.0 Å². The molecule has 0 aliphatic heterocycles. The minimum Gasteiger partial charge on any atom is -0.495 e. The predicted octanol–water partition coefficient (Wildman–Crippen LogP) is 2.46. The highest BCUT2D eigenvalue weighted by Gasteiger charge is 2.14. The van der Waals surface area contributed by atoms with Crippen molar-refractivity contribution in [3.63, 3.8) is 0 Å². The van der Waals surface area contributed by atoms with Gasteiger partial charge in [-0.3, -0.25) is 4.79 Å². The van der Waals surface area contributed by atoms with Crippen LogP contribution < -0.4 is 9.54 Å². The molecule has 5 nitrogen and oxygen atoms in total. The molecular formula is C13H15ClN2O3S. The van der Waals surface area contributed by atoms with Gasteiger partial charge in [0.1, 0.15) is 11.3 Å². The Labute approximate surface area is 125 Å². The largest absolute Gasteiger partial charge is 0.495 e. The zero-order valence-electron chi connectivity index (χ0n) is 11.5. The van der Waals surface area contributed by atoms with Crippen molar-refractivity contribution in [2.75, 3.05) is 20.8 Å². The van der Waals surface area contributed by atoms with Gasteiger partial charge in [-0.1, -0.05) is 22.9 Å². The first kappa shape index (κ1) is 15.0. The lowest BCUT2D eigenvalue weighted by atomic mass is 10.3. The summed E-state index contributed by atoms with van der Waals surface area (Å²) < 4.78 is 13.2. The van der Waals surface area contributed by atoms with Crippen LogP contribution in [0.15, 0.2) is 17.1 Å². The van der Waals surface area contributed by atoms with Crippen LogP contribution in [0.1, 0.15) is 6.92 Å². The molecule has 1 aromatic carbocycles. The minimum absolute atomic E-state index is 0.252. The van der Waals surface area contributed by atoms with Crippen molar-refractivity contribution in [2.45, 2.75) is 13.5 Å². The minimum atomic E-state index is -0.252. The summed E-state index contributed by atoms with van der Waals surface area (Å²) in [5.41, 5.74) is 0.835. The average molecular weight is 315 g/mol. The van der Waals surface area contributed by atoms with Crippen LogP contribution >= 0.6 is 22.9 Å². The Morgan fingerprint density at radius 2 is 2.20 bits per heavy atom. The maximum absolute atomic E-state index is 11.3. The second-order valence-corrected chi connectivity index (χ2v) is 5.47. The van der Waals surface area contributed by atoms with E-state index >= 15 is 0 Å². The van der Waals surface area contributed by atoms with E-state index in [1.807, 2.05) is 4.57 Å². The fraction of sp³-hybridized carbons (Fsp3) is 0.385. The van der Waals surface area contributed by atoms with Crippen molar-refractivity contribution in [1.29, 1.82) is 0 Å². The third-order valence-electron chi connectivity index (χ3n) is 2.73. The molecule has 108 valence electrons. The fourth-order valence-electron chi connectivity index (χ4n) is 1.90. The molecule has 0 N–H and O–H groups in total. The number of amides is 1. The molecule has 0 aliphatic rings. The van der Waals surface area contributed by atoms with Crippen LogP contribution in [0.5, 0.6) is 5.75 Å². The van der Waals surface area contributed by atoms with Crippen LogP contribution in [0, 0.1) is 0 Å². The number of hydrogen-bond acceptors (Lipinski definition) is 4. The van der Waals surface area contributed by atoms with Gasteiger partial charge in [0.05, 0.1) is 23.4 Å². The average Bonchev–Trinajstić information content (AvgIpc) is 2.76. The summed E-state index contributed by atoms with van der Waals surface area (Å²) in [6.07, 6.45) is 0.